The molecule has 0 saturated carbocycles. The summed E-state index contributed by atoms with van der Waals surface area (Å²) >= 11 is 10.1. The summed E-state index contributed by atoms with van der Waals surface area (Å²) in [6, 6.07) is 5.88. The molecule has 1 aliphatic rings. The van der Waals surface area contributed by atoms with Gasteiger partial charge in [-0.3, -0.25) is 0 Å². The van der Waals surface area contributed by atoms with Crippen LogP contribution in [0.3, 0.4) is 0 Å². The average Bonchev–Trinajstić information content (AvgIpc) is 2.31. The third kappa shape index (κ3) is 2.77. The smallest absolute Gasteiger partial charge is 0.119 e. The maximum absolute atomic E-state index is 6.20. The minimum absolute atomic E-state index is 0.473. The zero-order chi connectivity index (χ0) is 10.7. The van der Waals surface area contributed by atoms with Gasteiger partial charge in [0.2, 0.25) is 0 Å². The van der Waals surface area contributed by atoms with Crippen LogP contribution >= 0.6 is 35.1 Å². The summed E-state index contributed by atoms with van der Waals surface area (Å²) < 4.78 is 5.70. The summed E-state index contributed by atoms with van der Waals surface area (Å²) in [4.78, 5) is 0. The van der Waals surface area contributed by atoms with Crippen LogP contribution in [0.15, 0.2) is 18.2 Å². The van der Waals surface area contributed by atoms with E-state index in [2.05, 4.69) is 6.07 Å². The Morgan fingerprint density at radius 3 is 2.73 bits per heavy atom. The minimum atomic E-state index is 0.473. The molecule has 0 bridgehead atoms. The van der Waals surface area contributed by atoms with Crippen molar-refractivity contribution in [2.75, 3.05) is 18.6 Å². The maximum Gasteiger partial charge on any atom is 0.119 e. The second-order valence-electron chi connectivity index (χ2n) is 3.31. The molecule has 0 atom stereocenters. The highest BCUT2D eigenvalue weighted by atomic mass is 35.5. The van der Waals surface area contributed by atoms with Gasteiger partial charge < -0.3 is 4.74 Å². The standard InChI is InChI=1S/C11H13ClOS2/c1-13-8-3-4-10(12)9(7-8)11-14-5-2-6-15-11/h3-4,7,11H,2,5-6H2,1H3. The Morgan fingerprint density at radius 1 is 1.33 bits per heavy atom. The Balaban J connectivity index is 2.24. The van der Waals surface area contributed by atoms with Crippen molar-refractivity contribution >= 4 is 35.1 Å². The third-order valence-corrected chi connectivity index (χ3v) is 5.61. The fourth-order valence-electron chi connectivity index (χ4n) is 1.50. The Bertz CT molecular complexity index is 337. The van der Waals surface area contributed by atoms with Crippen LogP contribution in [0.25, 0.3) is 0 Å². The molecule has 4 heteroatoms. The predicted octanol–water partition coefficient (Wildman–Crippen LogP) is 4.22. The lowest BCUT2D eigenvalue weighted by molar-refractivity contribution is 0.414. The highest BCUT2D eigenvalue weighted by molar-refractivity contribution is 8.16. The van der Waals surface area contributed by atoms with Gasteiger partial charge in [-0.2, -0.15) is 0 Å². The summed E-state index contributed by atoms with van der Waals surface area (Å²) in [5, 5.41) is 0.850. The van der Waals surface area contributed by atoms with Crippen LogP contribution in [0, 0.1) is 0 Å². The van der Waals surface area contributed by atoms with E-state index in [1.807, 2.05) is 35.7 Å². The van der Waals surface area contributed by atoms with Crippen molar-refractivity contribution < 1.29 is 4.74 Å². The van der Waals surface area contributed by atoms with Crippen molar-refractivity contribution in [1.82, 2.24) is 0 Å². The Hall–Kier alpha value is 0.01000. The number of thioether (sulfide) groups is 2. The Kier molecular flexibility index (Phi) is 4.12. The van der Waals surface area contributed by atoms with Crippen molar-refractivity contribution in [3.8, 4) is 5.75 Å². The molecule has 1 saturated heterocycles. The van der Waals surface area contributed by atoms with E-state index >= 15 is 0 Å². The fraction of sp³-hybridized carbons (Fsp3) is 0.455. The first kappa shape index (κ1) is 11.5. The molecular weight excluding hydrogens is 248 g/mol. The zero-order valence-electron chi connectivity index (χ0n) is 8.53. The predicted molar refractivity (Wildman–Crippen MR) is 70.3 cm³/mol. The van der Waals surface area contributed by atoms with Gasteiger partial charge in [-0.25, -0.2) is 0 Å². The lowest BCUT2D eigenvalue weighted by Gasteiger charge is -2.22. The maximum atomic E-state index is 6.20. The number of ether oxygens (including phenoxy) is 1. The molecule has 1 aromatic rings. The molecule has 0 unspecified atom stereocenters. The van der Waals surface area contributed by atoms with Crippen molar-refractivity contribution in [2.24, 2.45) is 0 Å². The molecule has 1 heterocycles. The first-order valence-corrected chi connectivity index (χ1v) is 7.35. The Morgan fingerprint density at radius 2 is 2.07 bits per heavy atom. The topological polar surface area (TPSA) is 9.23 Å². The summed E-state index contributed by atoms with van der Waals surface area (Å²) in [5.41, 5.74) is 1.20. The van der Waals surface area contributed by atoms with Crippen LogP contribution in [-0.4, -0.2) is 18.6 Å². The quantitative estimate of drug-likeness (QED) is 0.788. The monoisotopic (exact) mass is 260 g/mol. The molecule has 0 radical (unpaired) electrons. The number of rotatable bonds is 2. The molecule has 2 rings (SSSR count). The molecule has 0 spiro atoms. The van der Waals surface area contributed by atoms with E-state index in [1.165, 1.54) is 23.5 Å². The number of hydrogen-bond donors (Lipinski definition) is 0. The van der Waals surface area contributed by atoms with Crippen LogP contribution in [0.5, 0.6) is 5.75 Å². The normalized spacial score (nSPS) is 17.7. The summed E-state index contributed by atoms with van der Waals surface area (Å²) in [7, 11) is 1.69. The van der Waals surface area contributed by atoms with Gasteiger partial charge in [0.05, 0.1) is 11.7 Å². The first-order valence-electron chi connectivity index (χ1n) is 4.88. The largest absolute Gasteiger partial charge is 0.497 e. The molecule has 1 nitrogen and oxygen atoms in total. The lowest BCUT2D eigenvalue weighted by atomic mass is 10.2. The SMILES string of the molecule is COc1ccc(Cl)c(C2SCCCS2)c1. The lowest BCUT2D eigenvalue weighted by Crippen LogP contribution is -2.01. The molecule has 82 valence electrons. The van der Waals surface area contributed by atoms with Crippen molar-refractivity contribution in [1.29, 1.82) is 0 Å². The summed E-state index contributed by atoms with van der Waals surface area (Å²) in [6.45, 7) is 0. The van der Waals surface area contributed by atoms with Crippen LogP contribution in [-0.2, 0) is 0 Å². The third-order valence-electron chi connectivity index (χ3n) is 2.28. The van der Waals surface area contributed by atoms with Gasteiger partial charge in [0.25, 0.3) is 0 Å². The molecule has 1 aromatic carbocycles. The second-order valence-corrected chi connectivity index (χ2v) is 6.45. The van der Waals surface area contributed by atoms with Crippen LogP contribution in [0.4, 0.5) is 0 Å². The van der Waals surface area contributed by atoms with Gasteiger partial charge in [-0.05, 0) is 41.7 Å². The number of methoxy groups -OCH3 is 1. The van der Waals surface area contributed by atoms with Crippen molar-refractivity contribution in [3.05, 3.63) is 28.8 Å². The zero-order valence-corrected chi connectivity index (χ0v) is 10.9. The van der Waals surface area contributed by atoms with Gasteiger partial charge in [0.1, 0.15) is 5.75 Å². The highest BCUT2D eigenvalue weighted by Crippen LogP contribution is 2.46. The van der Waals surface area contributed by atoms with E-state index in [0.29, 0.717) is 4.58 Å². The van der Waals surface area contributed by atoms with Crippen molar-refractivity contribution in [2.45, 2.75) is 11.0 Å². The van der Waals surface area contributed by atoms with Gasteiger partial charge in [0, 0.05) is 5.02 Å². The molecule has 0 aromatic heterocycles. The molecule has 0 N–H and O–H groups in total. The second kappa shape index (κ2) is 5.37. The molecule has 15 heavy (non-hydrogen) atoms. The van der Waals surface area contributed by atoms with Crippen LogP contribution < -0.4 is 4.74 Å². The molecular formula is C11H13ClOS2. The van der Waals surface area contributed by atoms with Gasteiger partial charge >= 0.3 is 0 Å². The summed E-state index contributed by atoms with van der Waals surface area (Å²) in [5.74, 6) is 3.34. The number of hydrogen-bond acceptors (Lipinski definition) is 3. The molecule has 0 aliphatic carbocycles. The van der Waals surface area contributed by atoms with Crippen LogP contribution in [0.1, 0.15) is 16.6 Å². The average molecular weight is 261 g/mol. The number of halogens is 1. The highest BCUT2D eigenvalue weighted by Gasteiger charge is 2.19. The molecule has 0 amide bonds. The van der Waals surface area contributed by atoms with E-state index in [1.54, 1.807) is 7.11 Å². The van der Waals surface area contributed by atoms with E-state index < -0.39 is 0 Å². The van der Waals surface area contributed by atoms with Gasteiger partial charge in [-0.15, -0.1) is 23.5 Å². The van der Waals surface area contributed by atoms with Gasteiger partial charge in [-0.1, -0.05) is 11.6 Å². The molecule has 1 fully saturated rings. The fourth-order valence-corrected chi connectivity index (χ4v) is 4.80. The first-order chi connectivity index (χ1) is 7.31. The summed E-state index contributed by atoms with van der Waals surface area (Å²) in [6.07, 6.45) is 1.30. The van der Waals surface area contributed by atoms with Crippen molar-refractivity contribution in [3.63, 3.8) is 0 Å². The van der Waals surface area contributed by atoms with E-state index in [9.17, 15) is 0 Å². The van der Waals surface area contributed by atoms with E-state index in [0.717, 1.165) is 10.8 Å². The molecule has 1 aliphatic heterocycles. The van der Waals surface area contributed by atoms with Crippen LogP contribution in [0.2, 0.25) is 5.02 Å². The van der Waals surface area contributed by atoms with Gasteiger partial charge in [0.15, 0.2) is 0 Å². The Labute approximate surface area is 104 Å². The minimum Gasteiger partial charge on any atom is -0.497 e. The number of benzene rings is 1. The van der Waals surface area contributed by atoms with E-state index in [-0.39, 0.29) is 0 Å². The van der Waals surface area contributed by atoms with E-state index in [4.69, 9.17) is 16.3 Å².